The molecule has 0 N–H and O–H groups in total. The van der Waals surface area contributed by atoms with Gasteiger partial charge in [-0.25, -0.2) is 0 Å². The number of para-hydroxylation sites is 2. The molecule has 0 atom stereocenters. The molecule has 26 heavy (non-hydrogen) atoms. The van der Waals surface area contributed by atoms with Gasteiger partial charge >= 0.3 is 0 Å². The molecule has 2 aromatic carbocycles. The van der Waals surface area contributed by atoms with Crippen LogP contribution in [0.4, 0.5) is 11.4 Å². The minimum atomic E-state index is 0.0122. The third kappa shape index (κ3) is 3.39. The summed E-state index contributed by atoms with van der Waals surface area (Å²) in [6.07, 6.45) is 4.27. The molecule has 0 spiro atoms. The predicted molar refractivity (Wildman–Crippen MR) is 112 cm³/mol. The molecular weight excluding hydrogens is 320 g/mol. The number of allylic oxidation sites excluding steroid dienone is 1. The quantitative estimate of drug-likeness (QED) is 0.647. The van der Waals surface area contributed by atoms with Crippen LogP contribution in [0, 0.1) is 0 Å². The van der Waals surface area contributed by atoms with E-state index in [4.69, 9.17) is 4.74 Å². The van der Waals surface area contributed by atoms with Crippen molar-refractivity contribution in [2.75, 3.05) is 12.0 Å². The zero-order chi connectivity index (χ0) is 18.9. The number of fused-ring (bicyclic) bond motifs is 1. The van der Waals surface area contributed by atoms with Gasteiger partial charge in [0.15, 0.2) is 0 Å². The van der Waals surface area contributed by atoms with Crippen molar-refractivity contribution in [1.29, 1.82) is 0 Å². The number of hydrogen-bond acceptors (Lipinski definition) is 3. The van der Waals surface area contributed by atoms with Gasteiger partial charge in [-0.1, -0.05) is 24.3 Å². The summed E-state index contributed by atoms with van der Waals surface area (Å²) in [7, 11) is 1.67. The van der Waals surface area contributed by atoms with Crippen molar-refractivity contribution in [1.82, 2.24) is 0 Å². The Labute approximate surface area is 157 Å². The van der Waals surface area contributed by atoms with E-state index in [1.54, 1.807) is 7.11 Å². The lowest BCUT2D eigenvalue weighted by molar-refractivity contribution is 0.416. The SMILES string of the molecule is COc1ccccc1N=Cc1ccc2c(c1)C(C)=CC(C)(C)N2C(C)C. The molecule has 0 bridgehead atoms. The van der Waals surface area contributed by atoms with Crippen LogP contribution in [0.5, 0.6) is 5.75 Å². The van der Waals surface area contributed by atoms with E-state index >= 15 is 0 Å². The Hall–Kier alpha value is -2.55. The van der Waals surface area contributed by atoms with Gasteiger partial charge in [0.2, 0.25) is 0 Å². The van der Waals surface area contributed by atoms with Gasteiger partial charge in [-0.05, 0) is 70.0 Å². The molecule has 2 aromatic rings. The first-order chi connectivity index (χ1) is 12.3. The molecule has 3 nitrogen and oxygen atoms in total. The van der Waals surface area contributed by atoms with Gasteiger partial charge in [0.05, 0.1) is 12.6 Å². The molecule has 0 aromatic heterocycles. The number of aliphatic imine (C=N–C) groups is 1. The molecule has 1 aliphatic rings. The standard InChI is InChI=1S/C23H28N2O/c1-16(2)25-21-12-11-18(13-19(21)17(3)14-23(25,4)5)15-24-20-9-7-8-10-22(20)26-6/h7-16H,1-6H3. The maximum absolute atomic E-state index is 5.38. The first-order valence-electron chi connectivity index (χ1n) is 9.14. The fourth-order valence-electron chi connectivity index (χ4n) is 3.97. The minimum Gasteiger partial charge on any atom is -0.494 e. The summed E-state index contributed by atoms with van der Waals surface area (Å²) >= 11 is 0. The van der Waals surface area contributed by atoms with Crippen molar-refractivity contribution in [2.24, 2.45) is 4.99 Å². The normalized spacial score (nSPS) is 16.0. The van der Waals surface area contributed by atoms with Crippen LogP contribution in [-0.2, 0) is 0 Å². The van der Waals surface area contributed by atoms with Crippen LogP contribution in [0.2, 0.25) is 0 Å². The Balaban J connectivity index is 1.99. The third-order valence-corrected chi connectivity index (χ3v) is 4.85. The Morgan fingerprint density at radius 1 is 1.12 bits per heavy atom. The zero-order valence-corrected chi connectivity index (χ0v) is 16.6. The second kappa shape index (κ2) is 6.99. The smallest absolute Gasteiger partial charge is 0.144 e. The molecule has 0 amide bonds. The number of hydrogen-bond donors (Lipinski definition) is 0. The summed E-state index contributed by atoms with van der Waals surface area (Å²) in [6.45, 7) is 11.2. The van der Waals surface area contributed by atoms with Crippen molar-refractivity contribution in [3.05, 3.63) is 59.7 Å². The predicted octanol–water partition coefficient (Wildman–Crippen LogP) is 5.86. The average Bonchev–Trinajstić information content (AvgIpc) is 2.59. The number of rotatable bonds is 4. The summed E-state index contributed by atoms with van der Waals surface area (Å²) in [5, 5.41) is 0. The second-order valence-electron chi connectivity index (χ2n) is 7.65. The molecule has 0 saturated heterocycles. The van der Waals surface area contributed by atoms with Crippen molar-refractivity contribution in [3.63, 3.8) is 0 Å². The highest BCUT2D eigenvalue weighted by molar-refractivity contribution is 5.89. The van der Waals surface area contributed by atoms with E-state index < -0.39 is 0 Å². The second-order valence-corrected chi connectivity index (χ2v) is 7.65. The van der Waals surface area contributed by atoms with Crippen molar-refractivity contribution in [2.45, 2.75) is 46.2 Å². The summed E-state index contributed by atoms with van der Waals surface area (Å²) < 4.78 is 5.38. The Morgan fingerprint density at radius 2 is 1.85 bits per heavy atom. The molecule has 3 heteroatoms. The van der Waals surface area contributed by atoms with Crippen molar-refractivity contribution in [3.8, 4) is 5.75 Å². The molecule has 1 heterocycles. The minimum absolute atomic E-state index is 0.0122. The highest BCUT2D eigenvalue weighted by atomic mass is 16.5. The fraction of sp³-hybridized carbons (Fsp3) is 0.348. The van der Waals surface area contributed by atoms with Crippen LogP contribution >= 0.6 is 0 Å². The molecule has 1 aliphatic heterocycles. The largest absolute Gasteiger partial charge is 0.494 e. The van der Waals surface area contributed by atoms with Gasteiger partial charge in [-0.3, -0.25) is 4.99 Å². The summed E-state index contributed by atoms with van der Waals surface area (Å²) in [4.78, 5) is 7.10. The molecule has 0 fully saturated rings. The van der Waals surface area contributed by atoms with Crippen LogP contribution in [0.15, 0.2) is 53.5 Å². The summed E-state index contributed by atoms with van der Waals surface area (Å²) in [5.41, 5.74) is 5.82. The van der Waals surface area contributed by atoms with E-state index in [0.29, 0.717) is 6.04 Å². The maximum atomic E-state index is 5.38. The van der Waals surface area contributed by atoms with E-state index in [1.165, 1.54) is 16.8 Å². The summed E-state index contributed by atoms with van der Waals surface area (Å²) in [5.74, 6) is 0.783. The molecule has 136 valence electrons. The van der Waals surface area contributed by atoms with Crippen molar-refractivity contribution >= 4 is 23.2 Å². The molecular formula is C23H28N2O. The number of benzene rings is 2. The van der Waals surface area contributed by atoms with E-state index in [-0.39, 0.29) is 5.54 Å². The van der Waals surface area contributed by atoms with Gasteiger partial charge in [0, 0.05) is 23.5 Å². The Kier molecular flexibility index (Phi) is 4.90. The maximum Gasteiger partial charge on any atom is 0.144 e. The Bertz CT molecular complexity index is 862. The van der Waals surface area contributed by atoms with E-state index in [1.807, 2.05) is 30.5 Å². The van der Waals surface area contributed by atoms with Gasteiger partial charge < -0.3 is 9.64 Å². The van der Waals surface area contributed by atoms with Crippen LogP contribution < -0.4 is 9.64 Å². The topological polar surface area (TPSA) is 24.8 Å². The van der Waals surface area contributed by atoms with Gasteiger partial charge in [0.1, 0.15) is 11.4 Å². The van der Waals surface area contributed by atoms with Gasteiger partial charge in [0.25, 0.3) is 0 Å². The fourth-order valence-corrected chi connectivity index (χ4v) is 3.97. The van der Waals surface area contributed by atoms with Crippen LogP contribution in [-0.4, -0.2) is 24.9 Å². The van der Waals surface area contributed by atoms with Gasteiger partial charge in [-0.2, -0.15) is 0 Å². The zero-order valence-electron chi connectivity index (χ0n) is 16.6. The van der Waals surface area contributed by atoms with E-state index in [9.17, 15) is 0 Å². The third-order valence-electron chi connectivity index (χ3n) is 4.85. The number of nitrogens with zero attached hydrogens (tertiary/aromatic N) is 2. The lowest BCUT2D eigenvalue weighted by Crippen LogP contribution is -2.49. The monoisotopic (exact) mass is 348 g/mol. The molecule has 0 radical (unpaired) electrons. The number of anilines is 1. The lowest BCUT2D eigenvalue weighted by atomic mass is 9.87. The van der Waals surface area contributed by atoms with E-state index in [0.717, 1.165) is 17.0 Å². The molecule has 0 saturated carbocycles. The van der Waals surface area contributed by atoms with Crippen LogP contribution in [0.25, 0.3) is 5.57 Å². The molecule has 0 unspecified atom stereocenters. The highest BCUT2D eigenvalue weighted by Gasteiger charge is 2.32. The number of ether oxygens (including phenoxy) is 1. The van der Waals surface area contributed by atoms with Crippen LogP contribution in [0.1, 0.15) is 45.7 Å². The Morgan fingerprint density at radius 3 is 2.54 bits per heavy atom. The lowest BCUT2D eigenvalue weighted by Gasteiger charge is -2.46. The van der Waals surface area contributed by atoms with Crippen LogP contribution in [0.3, 0.4) is 0 Å². The van der Waals surface area contributed by atoms with Gasteiger partial charge in [-0.15, -0.1) is 0 Å². The molecule has 0 aliphatic carbocycles. The molecule has 3 rings (SSSR count). The summed E-state index contributed by atoms with van der Waals surface area (Å²) in [6, 6.07) is 14.8. The first-order valence-corrected chi connectivity index (χ1v) is 9.14. The van der Waals surface area contributed by atoms with Crippen molar-refractivity contribution < 1.29 is 4.74 Å². The average molecular weight is 348 g/mol. The highest BCUT2D eigenvalue weighted by Crippen LogP contribution is 2.40. The first kappa shape index (κ1) is 18.2. The van der Waals surface area contributed by atoms with E-state index in [2.05, 4.69) is 68.8 Å². The number of methoxy groups -OCH3 is 1.